The van der Waals surface area contributed by atoms with Gasteiger partial charge in [0.15, 0.2) is 0 Å². The topological polar surface area (TPSA) is 32.3 Å². The van der Waals surface area contributed by atoms with Crippen molar-refractivity contribution in [2.45, 2.75) is 27.3 Å². The summed E-state index contributed by atoms with van der Waals surface area (Å²) in [7, 11) is 1.82. The second-order valence-electron chi connectivity index (χ2n) is 4.51. The van der Waals surface area contributed by atoms with E-state index >= 15 is 0 Å². The van der Waals surface area contributed by atoms with Crippen molar-refractivity contribution in [3.63, 3.8) is 0 Å². The molecule has 3 nitrogen and oxygen atoms in total. The Kier molecular flexibility index (Phi) is 5.16. The smallest absolute Gasteiger partial charge is 0.236 e. The van der Waals surface area contributed by atoms with E-state index in [1.165, 1.54) is 16.7 Å². The molecule has 1 aromatic carbocycles. The van der Waals surface area contributed by atoms with Gasteiger partial charge in [0.25, 0.3) is 0 Å². The minimum atomic E-state index is 0.136. The number of carbonyl (C=O) groups is 1. The van der Waals surface area contributed by atoms with Gasteiger partial charge in [0.2, 0.25) is 5.91 Å². The van der Waals surface area contributed by atoms with Gasteiger partial charge in [-0.3, -0.25) is 4.79 Å². The normalized spacial score (nSPS) is 10.4. The van der Waals surface area contributed by atoms with Gasteiger partial charge in [-0.2, -0.15) is 0 Å². The van der Waals surface area contributed by atoms with Crippen LogP contribution in [-0.2, 0) is 11.3 Å². The van der Waals surface area contributed by atoms with Crippen LogP contribution in [0.15, 0.2) is 18.2 Å². The number of benzene rings is 1. The van der Waals surface area contributed by atoms with Crippen LogP contribution >= 0.6 is 0 Å². The number of rotatable bonds is 5. The summed E-state index contributed by atoms with van der Waals surface area (Å²) in [6.45, 7) is 8.05. The predicted octanol–water partition coefficient (Wildman–Crippen LogP) is 1.87. The third-order valence-corrected chi connectivity index (χ3v) is 2.79. The van der Waals surface area contributed by atoms with Gasteiger partial charge in [0, 0.05) is 20.1 Å². The average Bonchev–Trinajstić information content (AvgIpc) is 2.26. The van der Waals surface area contributed by atoms with Gasteiger partial charge in [-0.05, 0) is 26.3 Å². The van der Waals surface area contributed by atoms with E-state index in [0.29, 0.717) is 6.54 Å². The van der Waals surface area contributed by atoms with E-state index in [9.17, 15) is 4.79 Å². The fourth-order valence-electron chi connectivity index (χ4n) is 1.80. The highest BCUT2D eigenvalue weighted by Gasteiger charge is 2.05. The number of aryl methyl sites for hydroxylation is 2. The van der Waals surface area contributed by atoms with Crippen molar-refractivity contribution < 1.29 is 4.79 Å². The van der Waals surface area contributed by atoms with Gasteiger partial charge >= 0.3 is 0 Å². The molecule has 0 aliphatic carbocycles. The van der Waals surface area contributed by atoms with Crippen molar-refractivity contribution in [1.82, 2.24) is 10.2 Å². The molecule has 0 bridgehead atoms. The number of nitrogens with zero attached hydrogens (tertiary/aromatic N) is 1. The molecule has 94 valence electrons. The number of amides is 1. The van der Waals surface area contributed by atoms with Crippen LogP contribution in [0.3, 0.4) is 0 Å². The standard InChI is InChI=1S/C14H22N2O/c1-5-16(4)14(17)10-15-9-13-7-11(2)6-12(3)8-13/h6-8,15H,5,9-10H2,1-4H3. The Balaban J connectivity index is 2.43. The first-order valence-corrected chi connectivity index (χ1v) is 6.04. The van der Waals surface area contributed by atoms with Gasteiger partial charge in [0.05, 0.1) is 6.54 Å². The fraction of sp³-hybridized carbons (Fsp3) is 0.500. The van der Waals surface area contributed by atoms with Crippen molar-refractivity contribution in [2.24, 2.45) is 0 Å². The van der Waals surface area contributed by atoms with E-state index < -0.39 is 0 Å². The Morgan fingerprint density at radius 3 is 2.35 bits per heavy atom. The number of hydrogen-bond acceptors (Lipinski definition) is 2. The molecule has 0 aliphatic rings. The lowest BCUT2D eigenvalue weighted by Gasteiger charge is -2.15. The zero-order valence-electron chi connectivity index (χ0n) is 11.2. The van der Waals surface area contributed by atoms with Crippen LogP contribution in [0.25, 0.3) is 0 Å². The highest BCUT2D eigenvalue weighted by atomic mass is 16.2. The van der Waals surface area contributed by atoms with Crippen LogP contribution in [0, 0.1) is 13.8 Å². The Bertz CT molecular complexity index is 368. The molecule has 17 heavy (non-hydrogen) atoms. The zero-order chi connectivity index (χ0) is 12.8. The molecule has 0 unspecified atom stereocenters. The lowest BCUT2D eigenvalue weighted by atomic mass is 10.1. The first-order chi connectivity index (χ1) is 8.02. The van der Waals surface area contributed by atoms with Gasteiger partial charge < -0.3 is 10.2 Å². The summed E-state index contributed by atoms with van der Waals surface area (Å²) in [4.78, 5) is 13.3. The highest BCUT2D eigenvalue weighted by molar-refractivity contribution is 5.77. The predicted molar refractivity (Wildman–Crippen MR) is 70.9 cm³/mol. The summed E-state index contributed by atoms with van der Waals surface area (Å²) in [6, 6.07) is 6.45. The van der Waals surface area contributed by atoms with E-state index in [-0.39, 0.29) is 5.91 Å². The van der Waals surface area contributed by atoms with E-state index in [4.69, 9.17) is 0 Å². The Morgan fingerprint density at radius 1 is 1.24 bits per heavy atom. The molecule has 0 saturated carbocycles. The maximum absolute atomic E-state index is 11.6. The Labute approximate surface area is 104 Å². The third-order valence-electron chi connectivity index (χ3n) is 2.79. The molecule has 1 N–H and O–H groups in total. The first-order valence-electron chi connectivity index (χ1n) is 6.04. The van der Waals surface area contributed by atoms with Crippen molar-refractivity contribution in [3.8, 4) is 0 Å². The molecular formula is C14H22N2O. The number of nitrogens with one attached hydrogen (secondary N) is 1. The maximum Gasteiger partial charge on any atom is 0.236 e. The minimum absolute atomic E-state index is 0.136. The Hall–Kier alpha value is -1.35. The van der Waals surface area contributed by atoms with Gasteiger partial charge in [-0.25, -0.2) is 0 Å². The number of carbonyl (C=O) groups excluding carboxylic acids is 1. The quantitative estimate of drug-likeness (QED) is 0.843. The first kappa shape index (κ1) is 13.7. The van der Waals surface area contributed by atoms with E-state index in [2.05, 4.69) is 37.4 Å². The highest BCUT2D eigenvalue weighted by Crippen LogP contribution is 2.08. The molecule has 1 rings (SSSR count). The fourth-order valence-corrected chi connectivity index (χ4v) is 1.80. The monoisotopic (exact) mass is 234 g/mol. The van der Waals surface area contributed by atoms with Crippen LogP contribution < -0.4 is 5.32 Å². The third kappa shape index (κ3) is 4.57. The molecule has 0 aromatic heterocycles. The lowest BCUT2D eigenvalue weighted by Crippen LogP contribution is -2.35. The van der Waals surface area contributed by atoms with Gasteiger partial charge in [0.1, 0.15) is 0 Å². The average molecular weight is 234 g/mol. The Morgan fingerprint density at radius 2 is 1.82 bits per heavy atom. The van der Waals surface area contributed by atoms with Crippen molar-refractivity contribution in [1.29, 1.82) is 0 Å². The van der Waals surface area contributed by atoms with Gasteiger partial charge in [-0.15, -0.1) is 0 Å². The van der Waals surface area contributed by atoms with Crippen molar-refractivity contribution >= 4 is 5.91 Å². The number of hydrogen-bond donors (Lipinski definition) is 1. The second-order valence-corrected chi connectivity index (χ2v) is 4.51. The molecule has 0 radical (unpaired) electrons. The van der Waals surface area contributed by atoms with Crippen LogP contribution in [0.5, 0.6) is 0 Å². The molecule has 0 fully saturated rings. The summed E-state index contributed by atoms with van der Waals surface area (Å²) in [5.41, 5.74) is 3.76. The van der Waals surface area contributed by atoms with Crippen LogP contribution in [0.2, 0.25) is 0 Å². The molecule has 1 aromatic rings. The molecule has 0 atom stereocenters. The summed E-state index contributed by atoms with van der Waals surface area (Å²) in [5, 5.41) is 3.18. The second kappa shape index (κ2) is 6.40. The van der Waals surface area contributed by atoms with E-state index in [1.807, 2.05) is 14.0 Å². The molecule has 0 aliphatic heterocycles. The maximum atomic E-state index is 11.6. The lowest BCUT2D eigenvalue weighted by molar-refractivity contribution is -0.128. The largest absolute Gasteiger partial charge is 0.345 e. The summed E-state index contributed by atoms with van der Waals surface area (Å²) >= 11 is 0. The summed E-state index contributed by atoms with van der Waals surface area (Å²) < 4.78 is 0. The molecule has 3 heteroatoms. The molecule has 0 spiro atoms. The molecule has 0 heterocycles. The minimum Gasteiger partial charge on any atom is -0.345 e. The van der Waals surface area contributed by atoms with Crippen molar-refractivity contribution in [3.05, 3.63) is 34.9 Å². The van der Waals surface area contributed by atoms with Crippen LogP contribution in [-0.4, -0.2) is 30.9 Å². The van der Waals surface area contributed by atoms with E-state index in [0.717, 1.165) is 13.1 Å². The number of likely N-dealkylation sites (N-methyl/N-ethyl adjacent to an activating group) is 1. The molecular weight excluding hydrogens is 212 g/mol. The molecule has 1 amide bonds. The zero-order valence-corrected chi connectivity index (χ0v) is 11.2. The van der Waals surface area contributed by atoms with Crippen LogP contribution in [0.1, 0.15) is 23.6 Å². The van der Waals surface area contributed by atoms with Crippen molar-refractivity contribution in [2.75, 3.05) is 20.1 Å². The summed E-state index contributed by atoms with van der Waals surface area (Å²) in [6.07, 6.45) is 0. The van der Waals surface area contributed by atoms with Gasteiger partial charge in [-0.1, -0.05) is 29.3 Å². The molecule has 0 saturated heterocycles. The SMILES string of the molecule is CCN(C)C(=O)CNCc1cc(C)cc(C)c1. The van der Waals surface area contributed by atoms with E-state index in [1.54, 1.807) is 4.90 Å². The summed E-state index contributed by atoms with van der Waals surface area (Å²) in [5.74, 6) is 0.136. The van der Waals surface area contributed by atoms with Crippen LogP contribution in [0.4, 0.5) is 0 Å².